The fourth-order valence-electron chi connectivity index (χ4n) is 6.38. The molecule has 5 atom stereocenters. The van der Waals surface area contributed by atoms with Gasteiger partial charge >= 0.3 is 12.2 Å². The molecule has 3 aliphatic heterocycles. The first-order valence-electron chi connectivity index (χ1n) is 16.6. The average molecular weight is 706 g/mol. The molecular weight excluding hydrogens is 658 g/mol. The summed E-state index contributed by atoms with van der Waals surface area (Å²) in [7, 11) is -2.99. The zero-order valence-corrected chi connectivity index (χ0v) is 29.0. The smallest absolute Gasteiger partial charge is 0.407 e. The second kappa shape index (κ2) is 16.4. The van der Waals surface area contributed by atoms with Gasteiger partial charge in [-0.15, -0.1) is 0 Å². The van der Waals surface area contributed by atoms with E-state index in [1.165, 1.54) is 17.5 Å². The van der Waals surface area contributed by atoms with Gasteiger partial charge in [0.2, 0.25) is 10.0 Å². The average Bonchev–Trinajstić information content (AvgIpc) is 3.71. The number of para-hydroxylation sites is 1. The van der Waals surface area contributed by atoms with Crippen LogP contribution in [0, 0.1) is 11.3 Å². The number of nitrogens with zero attached hydrogens (tertiary/aromatic N) is 1. The van der Waals surface area contributed by atoms with Gasteiger partial charge in [-0.2, -0.15) is 4.31 Å². The number of carbonyl (C=O) groups excluding carboxylic acids is 2. The molecule has 0 bridgehead atoms. The molecule has 49 heavy (non-hydrogen) atoms. The number of nitrogens with one attached hydrogen (secondary N) is 2. The summed E-state index contributed by atoms with van der Waals surface area (Å²) in [5.41, 5.74) is 0.233. The minimum Gasteiger partial charge on any atom is -0.486 e. The number of alkyl carbamates (subject to hydrolysis) is 2. The number of hydrogen-bond donors (Lipinski definition) is 3. The number of methoxy groups -OCH3 is 1. The Morgan fingerprint density at radius 2 is 1.82 bits per heavy atom. The van der Waals surface area contributed by atoms with Gasteiger partial charge in [0.15, 0.2) is 17.8 Å². The molecule has 15 heteroatoms. The first-order chi connectivity index (χ1) is 23.5. The van der Waals surface area contributed by atoms with Crippen LogP contribution >= 0.6 is 0 Å². The van der Waals surface area contributed by atoms with E-state index >= 15 is 0 Å². The Hall–Kier alpha value is -3.63. The van der Waals surface area contributed by atoms with Crippen molar-refractivity contribution in [2.24, 2.45) is 11.3 Å². The quantitative estimate of drug-likeness (QED) is 0.233. The summed E-state index contributed by atoms with van der Waals surface area (Å²) in [5.74, 6) is 0.360. The SMILES string of the molecule is COC(=O)NCCCC(C)(C)CN(C[C@@H](O)[C@H](Cc1ccccc1)NC(=O)O[C@H]1CO[C@H]2OCC[C@H]21)S(=O)(=O)c1cccc2c1OCCO2. The number of sulfonamides is 1. The minimum atomic E-state index is -4.28. The van der Waals surface area contributed by atoms with E-state index in [0.29, 0.717) is 38.2 Å². The highest BCUT2D eigenvalue weighted by molar-refractivity contribution is 7.89. The van der Waals surface area contributed by atoms with Crippen LogP contribution in [-0.4, -0.2) is 108 Å². The number of hydrogen-bond acceptors (Lipinski definition) is 11. The molecule has 0 spiro atoms. The predicted octanol–water partition coefficient (Wildman–Crippen LogP) is 3.07. The summed E-state index contributed by atoms with van der Waals surface area (Å²) in [5, 5.41) is 17.3. The van der Waals surface area contributed by atoms with E-state index in [2.05, 4.69) is 15.4 Å². The molecule has 0 aliphatic carbocycles. The number of carbonyl (C=O) groups is 2. The topological polar surface area (TPSA) is 171 Å². The van der Waals surface area contributed by atoms with E-state index in [4.69, 9.17) is 23.7 Å². The van der Waals surface area contributed by atoms with Gasteiger partial charge in [0, 0.05) is 19.6 Å². The van der Waals surface area contributed by atoms with Gasteiger partial charge in [-0.25, -0.2) is 18.0 Å². The van der Waals surface area contributed by atoms with Gasteiger partial charge in [-0.1, -0.05) is 50.2 Å². The number of fused-ring (bicyclic) bond motifs is 2. The Morgan fingerprint density at radius 3 is 2.59 bits per heavy atom. The molecule has 0 aromatic heterocycles. The molecule has 2 aromatic carbocycles. The summed E-state index contributed by atoms with van der Waals surface area (Å²) >= 11 is 0. The lowest BCUT2D eigenvalue weighted by molar-refractivity contribution is -0.0907. The fourth-order valence-corrected chi connectivity index (χ4v) is 8.17. The molecule has 2 saturated heterocycles. The molecule has 2 aromatic rings. The van der Waals surface area contributed by atoms with Crippen LogP contribution in [-0.2, 0) is 35.4 Å². The maximum Gasteiger partial charge on any atom is 0.407 e. The van der Waals surface area contributed by atoms with E-state index in [-0.39, 0.29) is 55.9 Å². The molecular formula is C34H47N3O11S. The second-order valence-corrected chi connectivity index (χ2v) is 15.1. The second-order valence-electron chi connectivity index (χ2n) is 13.2. The van der Waals surface area contributed by atoms with Gasteiger partial charge in [0.25, 0.3) is 0 Å². The molecule has 14 nitrogen and oxygen atoms in total. The molecule has 5 rings (SSSR count). The summed E-state index contributed by atoms with van der Waals surface area (Å²) < 4.78 is 63.2. The van der Waals surface area contributed by atoms with Crippen molar-refractivity contribution in [2.45, 2.75) is 69.0 Å². The van der Waals surface area contributed by atoms with Crippen molar-refractivity contribution < 1.29 is 51.5 Å². The monoisotopic (exact) mass is 705 g/mol. The number of aliphatic hydroxyl groups is 1. The van der Waals surface area contributed by atoms with E-state index in [1.807, 2.05) is 44.2 Å². The molecule has 0 unspecified atom stereocenters. The molecule has 2 fully saturated rings. The van der Waals surface area contributed by atoms with Crippen LogP contribution < -0.4 is 20.1 Å². The summed E-state index contributed by atoms with van der Waals surface area (Å²) in [6.07, 6.45) is -1.53. The molecule has 0 saturated carbocycles. The first-order valence-corrected chi connectivity index (χ1v) is 18.0. The highest BCUT2D eigenvalue weighted by atomic mass is 32.2. The van der Waals surface area contributed by atoms with Crippen LogP contribution in [0.5, 0.6) is 11.5 Å². The third-order valence-corrected chi connectivity index (χ3v) is 10.8. The first kappa shape index (κ1) is 36.6. The van der Waals surface area contributed by atoms with Crippen molar-refractivity contribution in [3.63, 3.8) is 0 Å². The Labute approximate surface area is 287 Å². The van der Waals surface area contributed by atoms with Gasteiger partial charge < -0.3 is 44.2 Å². The number of ether oxygens (including phenoxy) is 6. The van der Waals surface area contributed by atoms with Crippen LogP contribution in [0.2, 0.25) is 0 Å². The highest BCUT2D eigenvalue weighted by Crippen LogP contribution is 2.39. The maximum atomic E-state index is 14.5. The molecule has 3 N–H and O–H groups in total. The lowest BCUT2D eigenvalue weighted by Gasteiger charge is -2.35. The zero-order chi connectivity index (χ0) is 35.0. The predicted molar refractivity (Wildman–Crippen MR) is 177 cm³/mol. The number of amides is 2. The van der Waals surface area contributed by atoms with E-state index in [9.17, 15) is 23.1 Å². The Bertz CT molecular complexity index is 1520. The Balaban J connectivity index is 1.38. The highest BCUT2D eigenvalue weighted by Gasteiger charge is 2.44. The fraction of sp³-hybridized carbons (Fsp3) is 0.588. The van der Waals surface area contributed by atoms with Gasteiger partial charge in [-0.3, -0.25) is 0 Å². The van der Waals surface area contributed by atoms with Crippen molar-refractivity contribution in [3.8, 4) is 11.5 Å². The lowest BCUT2D eigenvalue weighted by atomic mass is 9.87. The Morgan fingerprint density at radius 1 is 1.04 bits per heavy atom. The summed E-state index contributed by atoms with van der Waals surface area (Å²) in [4.78, 5) is 24.7. The van der Waals surface area contributed by atoms with Crippen molar-refractivity contribution in [3.05, 3.63) is 54.1 Å². The van der Waals surface area contributed by atoms with E-state index in [1.54, 1.807) is 12.1 Å². The third kappa shape index (κ3) is 9.54. The lowest BCUT2D eigenvalue weighted by Crippen LogP contribution is -2.52. The molecule has 2 amide bonds. The van der Waals surface area contributed by atoms with Gasteiger partial charge in [0.05, 0.1) is 38.4 Å². The molecule has 270 valence electrons. The van der Waals surface area contributed by atoms with Crippen molar-refractivity contribution >= 4 is 22.2 Å². The maximum absolute atomic E-state index is 14.5. The van der Waals surface area contributed by atoms with Crippen LogP contribution in [0.1, 0.15) is 38.7 Å². The standard InChI is InChI=1S/C34H47N3O11S/c1-34(2,14-8-15-35-32(39)43-3)22-37(49(41,42)29-12-7-11-27-30(29)45-18-17-44-27)20-26(38)25(19-23-9-5-4-6-10-23)36-33(40)48-28-21-47-31-24(28)13-16-46-31/h4-7,9-12,24-26,28,31,38H,8,13-22H2,1-3H3,(H,35,39)(H,36,40)/t24-,25-,26+,28-,31+/m0/s1. The largest absolute Gasteiger partial charge is 0.486 e. The van der Waals surface area contributed by atoms with E-state index in [0.717, 1.165) is 5.56 Å². The normalized spacial score (nSPS) is 21.4. The number of rotatable bonds is 15. The van der Waals surface area contributed by atoms with Crippen LogP contribution in [0.3, 0.4) is 0 Å². The zero-order valence-electron chi connectivity index (χ0n) is 28.2. The van der Waals surface area contributed by atoms with E-state index < -0.39 is 52.2 Å². The van der Waals surface area contributed by atoms with Gasteiger partial charge in [-0.05, 0) is 48.8 Å². The van der Waals surface area contributed by atoms with Gasteiger partial charge in [0.1, 0.15) is 24.2 Å². The number of benzene rings is 2. The number of aliphatic hydroxyl groups excluding tert-OH is 1. The van der Waals surface area contributed by atoms with Crippen molar-refractivity contribution in [2.75, 3.05) is 53.2 Å². The van der Waals surface area contributed by atoms with Crippen molar-refractivity contribution in [1.29, 1.82) is 0 Å². The Kier molecular flexibility index (Phi) is 12.3. The van der Waals surface area contributed by atoms with Crippen LogP contribution in [0.4, 0.5) is 9.59 Å². The summed E-state index contributed by atoms with van der Waals surface area (Å²) in [6.45, 7) is 5.05. The molecule has 3 heterocycles. The van der Waals surface area contributed by atoms with Crippen LogP contribution in [0.25, 0.3) is 0 Å². The third-order valence-electron chi connectivity index (χ3n) is 8.94. The molecule has 0 radical (unpaired) electrons. The van der Waals surface area contributed by atoms with Crippen LogP contribution in [0.15, 0.2) is 53.4 Å². The molecule has 3 aliphatic rings. The minimum absolute atomic E-state index is 0.0140. The summed E-state index contributed by atoms with van der Waals surface area (Å²) in [6, 6.07) is 13.1. The van der Waals surface area contributed by atoms with Crippen molar-refractivity contribution in [1.82, 2.24) is 14.9 Å².